The number of rotatable bonds is 1. The minimum atomic E-state index is -1.70. The second kappa shape index (κ2) is 4.66. The van der Waals surface area contributed by atoms with Gasteiger partial charge in [-0.3, -0.25) is 0 Å². The number of esters is 2. The normalized spacial score (nSPS) is 17.6. The summed E-state index contributed by atoms with van der Waals surface area (Å²) in [5.41, 5.74) is -1.07. The third-order valence-corrected chi connectivity index (χ3v) is 2.48. The van der Waals surface area contributed by atoms with Crippen molar-refractivity contribution in [3.8, 4) is 0 Å². The standard InChI is InChI=1S/C13H9F3O4/c1-13(2)19-11(17)7(12(18)20-13)5-6-3-4-8(14)10(16)9(6)15/h3-5H,1-2H3. The van der Waals surface area contributed by atoms with E-state index in [1.54, 1.807) is 0 Å². The number of benzene rings is 1. The van der Waals surface area contributed by atoms with Gasteiger partial charge in [0.1, 0.15) is 5.57 Å². The maximum atomic E-state index is 13.5. The highest BCUT2D eigenvalue weighted by Gasteiger charge is 2.39. The lowest BCUT2D eigenvalue weighted by molar-refractivity contribution is -0.222. The number of hydrogen-bond acceptors (Lipinski definition) is 4. The van der Waals surface area contributed by atoms with Crippen LogP contribution in [0.5, 0.6) is 0 Å². The molecule has 0 unspecified atom stereocenters. The highest BCUT2D eigenvalue weighted by molar-refractivity contribution is 6.18. The summed E-state index contributed by atoms with van der Waals surface area (Å²) in [4.78, 5) is 23.2. The number of halogens is 3. The third-order valence-electron chi connectivity index (χ3n) is 2.48. The van der Waals surface area contributed by atoms with E-state index < -0.39 is 46.3 Å². The summed E-state index contributed by atoms with van der Waals surface area (Å²) in [5, 5.41) is 0. The first-order valence-electron chi connectivity index (χ1n) is 5.53. The Balaban J connectivity index is 2.44. The summed E-state index contributed by atoms with van der Waals surface area (Å²) in [6.45, 7) is 2.69. The Hall–Kier alpha value is -2.31. The molecule has 0 saturated carbocycles. The first kappa shape index (κ1) is 14.1. The van der Waals surface area contributed by atoms with Gasteiger partial charge in [0.05, 0.1) is 0 Å². The number of hydrogen-bond donors (Lipinski definition) is 0. The number of cyclic esters (lactones) is 2. The molecule has 1 fully saturated rings. The van der Waals surface area contributed by atoms with E-state index in [-0.39, 0.29) is 0 Å². The number of ether oxygens (including phenoxy) is 2. The van der Waals surface area contributed by atoms with Gasteiger partial charge < -0.3 is 9.47 Å². The minimum absolute atomic E-state index is 0.465. The Morgan fingerprint density at radius 2 is 1.55 bits per heavy atom. The molecule has 2 rings (SSSR count). The molecule has 0 aliphatic carbocycles. The second-order valence-electron chi connectivity index (χ2n) is 4.50. The fraction of sp³-hybridized carbons (Fsp3) is 0.231. The number of carbonyl (C=O) groups excluding carboxylic acids is 2. The van der Waals surface area contributed by atoms with E-state index in [1.165, 1.54) is 13.8 Å². The quantitative estimate of drug-likeness (QED) is 0.344. The van der Waals surface area contributed by atoms with Crippen LogP contribution in [0.2, 0.25) is 0 Å². The highest BCUT2D eigenvalue weighted by Crippen LogP contribution is 2.25. The van der Waals surface area contributed by atoms with Crippen molar-refractivity contribution in [2.24, 2.45) is 0 Å². The smallest absolute Gasteiger partial charge is 0.348 e. The fourth-order valence-electron chi connectivity index (χ4n) is 1.59. The van der Waals surface area contributed by atoms with Crippen LogP contribution in [0, 0.1) is 17.5 Å². The van der Waals surface area contributed by atoms with Gasteiger partial charge in [-0.2, -0.15) is 0 Å². The molecule has 4 nitrogen and oxygen atoms in total. The Morgan fingerprint density at radius 3 is 2.10 bits per heavy atom. The van der Waals surface area contributed by atoms with Gasteiger partial charge in [0, 0.05) is 19.4 Å². The summed E-state index contributed by atoms with van der Waals surface area (Å²) in [6.07, 6.45) is 0.748. The molecule has 20 heavy (non-hydrogen) atoms. The largest absolute Gasteiger partial charge is 0.419 e. The lowest BCUT2D eigenvalue weighted by atomic mass is 10.1. The predicted molar refractivity (Wildman–Crippen MR) is 60.6 cm³/mol. The molecule has 0 aromatic heterocycles. The van der Waals surface area contributed by atoms with Gasteiger partial charge in [0.25, 0.3) is 5.79 Å². The van der Waals surface area contributed by atoms with E-state index in [0.717, 1.165) is 12.1 Å². The zero-order valence-electron chi connectivity index (χ0n) is 10.5. The summed E-state index contributed by atoms with van der Waals surface area (Å²) >= 11 is 0. The maximum absolute atomic E-state index is 13.5. The molecule has 1 aliphatic heterocycles. The molecule has 106 valence electrons. The van der Waals surface area contributed by atoms with Gasteiger partial charge >= 0.3 is 11.9 Å². The van der Waals surface area contributed by atoms with Gasteiger partial charge in [0.15, 0.2) is 17.5 Å². The van der Waals surface area contributed by atoms with Gasteiger partial charge in [-0.15, -0.1) is 0 Å². The summed E-state index contributed by atoms with van der Waals surface area (Å²) in [6, 6.07) is 1.56. The molecule has 0 radical (unpaired) electrons. The van der Waals surface area contributed by atoms with Crippen molar-refractivity contribution in [1.29, 1.82) is 0 Å². The number of carbonyl (C=O) groups is 2. The van der Waals surface area contributed by atoms with Crippen LogP contribution in [-0.4, -0.2) is 17.7 Å². The van der Waals surface area contributed by atoms with Crippen LogP contribution in [0.1, 0.15) is 19.4 Å². The van der Waals surface area contributed by atoms with Crippen LogP contribution in [0.15, 0.2) is 17.7 Å². The Bertz CT molecular complexity index is 613. The molecular weight excluding hydrogens is 277 g/mol. The summed E-state index contributed by atoms with van der Waals surface area (Å²) in [7, 11) is 0. The van der Waals surface area contributed by atoms with Crippen molar-refractivity contribution in [3.63, 3.8) is 0 Å². The molecule has 1 saturated heterocycles. The Kier molecular flexibility index (Phi) is 3.29. The van der Waals surface area contributed by atoms with Crippen molar-refractivity contribution >= 4 is 18.0 Å². The fourth-order valence-corrected chi connectivity index (χ4v) is 1.59. The topological polar surface area (TPSA) is 52.6 Å². The highest BCUT2D eigenvalue weighted by atomic mass is 19.2. The van der Waals surface area contributed by atoms with E-state index in [1.807, 2.05) is 0 Å². The average molecular weight is 286 g/mol. The molecule has 1 aliphatic rings. The van der Waals surface area contributed by atoms with Crippen molar-refractivity contribution in [2.75, 3.05) is 0 Å². The van der Waals surface area contributed by atoms with Gasteiger partial charge in [-0.1, -0.05) is 0 Å². The van der Waals surface area contributed by atoms with Crippen molar-refractivity contribution in [1.82, 2.24) is 0 Å². The predicted octanol–water partition coefficient (Wildman–Crippen LogP) is 2.32. The second-order valence-corrected chi connectivity index (χ2v) is 4.50. The zero-order valence-corrected chi connectivity index (χ0v) is 10.5. The Labute approximate surface area is 111 Å². The third kappa shape index (κ3) is 2.52. The van der Waals surface area contributed by atoms with Crippen molar-refractivity contribution in [2.45, 2.75) is 19.6 Å². The summed E-state index contributed by atoms with van der Waals surface area (Å²) in [5.74, 6) is -8.08. The van der Waals surface area contributed by atoms with Crippen LogP contribution >= 0.6 is 0 Å². The van der Waals surface area contributed by atoms with E-state index in [2.05, 4.69) is 0 Å². The monoisotopic (exact) mass is 286 g/mol. The van der Waals surface area contributed by atoms with Gasteiger partial charge in [-0.05, 0) is 18.2 Å². The molecule has 0 spiro atoms. The molecule has 0 atom stereocenters. The van der Waals surface area contributed by atoms with Crippen LogP contribution in [0.25, 0.3) is 6.08 Å². The molecule has 1 aromatic rings. The molecule has 0 bridgehead atoms. The average Bonchev–Trinajstić information content (AvgIpc) is 2.32. The molecule has 0 amide bonds. The van der Waals surface area contributed by atoms with E-state index in [9.17, 15) is 22.8 Å². The first-order chi connectivity index (χ1) is 9.21. The van der Waals surface area contributed by atoms with Crippen LogP contribution in [0.3, 0.4) is 0 Å². The molecule has 1 heterocycles. The van der Waals surface area contributed by atoms with Crippen LogP contribution in [-0.2, 0) is 19.1 Å². The molecule has 1 aromatic carbocycles. The first-order valence-corrected chi connectivity index (χ1v) is 5.53. The van der Waals surface area contributed by atoms with E-state index in [4.69, 9.17) is 9.47 Å². The SMILES string of the molecule is CC1(C)OC(=O)C(=Cc2ccc(F)c(F)c2F)C(=O)O1. The van der Waals surface area contributed by atoms with Crippen molar-refractivity contribution in [3.05, 3.63) is 40.7 Å². The lowest BCUT2D eigenvalue weighted by Gasteiger charge is -2.29. The maximum Gasteiger partial charge on any atom is 0.348 e. The van der Waals surface area contributed by atoms with Gasteiger partial charge in [-0.25, -0.2) is 22.8 Å². The van der Waals surface area contributed by atoms with E-state index >= 15 is 0 Å². The zero-order chi connectivity index (χ0) is 15.1. The van der Waals surface area contributed by atoms with E-state index in [0.29, 0.717) is 6.07 Å². The van der Waals surface area contributed by atoms with Crippen LogP contribution in [0.4, 0.5) is 13.2 Å². The molecular formula is C13H9F3O4. The van der Waals surface area contributed by atoms with Crippen LogP contribution < -0.4 is 0 Å². The lowest BCUT2D eigenvalue weighted by Crippen LogP contribution is -2.41. The molecule has 7 heteroatoms. The van der Waals surface area contributed by atoms with Gasteiger partial charge in [0.2, 0.25) is 0 Å². The Morgan fingerprint density at radius 1 is 1.00 bits per heavy atom. The summed E-state index contributed by atoms with van der Waals surface area (Å²) < 4.78 is 48.8. The minimum Gasteiger partial charge on any atom is -0.419 e. The molecule has 0 N–H and O–H groups in total. The van der Waals surface area contributed by atoms with Crippen molar-refractivity contribution < 1.29 is 32.2 Å².